The van der Waals surface area contributed by atoms with Gasteiger partial charge in [-0.2, -0.15) is 0 Å². The van der Waals surface area contributed by atoms with E-state index in [9.17, 15) is 19.6 Å². The second-order valence-electron chi connectivity index (χ2n) is 7.31. The fourth-order valence-corrected chi connectivity index (χ4v) is 2.95. The lowest BCUT2D eigenvalue weighted by Gasteiger charge is -2.23. The Balaban J connectivity index is 2.17. The number of hydrogen-bond acceptors (Lipinski definition) is 7. The first-order valence-electron chi connectivity index (χ1n) is 9.66. The van der Waals surface area contributed by atoms with Gasteiger partial charge >= 0.3 is 7.12 Å². The number of amides is 2. The van der Waals surface area contributed by atoms with Gasteiger partial charge in [-0.05, 0) is 30.0 Å². The van der Waals surface area contributed by atoms with Crippen molar-refractivity contribution >= 4 is 18.9 Å². The summed E-state index contributed by atoms with van der Waals surface area (Å²) >= 11 is 0. The molecule has 2 rings (SSSR count). The number of nitrogens with zero attached hydrogens (tertiary/aromatic N) is 2. The number of hydrogen-bond donors (Lipinski definition) is 4. The summed E-state index contributed by atoms with van der Waals surface area (Å²) in [5.74, 6) is -0.898. The normalized spacial score (nSPS) is 12.7. The molecule has 1 aromatic heterocycles. The van der Waals surface area contributed by atoms with Gasteiger partial charge in [-0.3, -0.25) is 14.6 Å². The molecule has 0 fully saturated rings. The third-order valence-electron chi connectivity index (χ3n) is 4.44. The number of nitrogens with one attached hydrogen (secondary N) is 2. The predicted molar refractivity (Wildman–Crippen MR) is 111 cm³/mol. The van der Waals surface area contributed by atoms with E-state index >= 15 is 0 Å². The molecule has 2 aromatic rings. The van der Waals surface area contributed by atoms with Gasteiger partial charge in [-0.1, -0.05) is 26.0 Å². The lowest BCUT2D eigenvalue weighted by atomic mass is 9.75. The molecule has 0 spiro atoms. The molecule has 0 aliphatic rings. The van der Waals surface area contributed by atoms with Crippen molar-refractivity contribution in [1.82, 2.24) is 20.6 Å². The molecule has 1 aromatic carbocycles. The van der Waals surface area contributed by atoms with E-state index in [1.54, 1.807) is 31.4 Å². The van der Waals surface area contributed by atoms with Crippen molar-refractivity contribution < 1.29 is 24.4 Å². The van der Waals surface area contributed by atoms with Crippen molar-refractivity contribution in [3.8, 4) is 5.75 Å². The molecule has 2 amide bonds. The maximum absolute atomic E-state index is 12.6. The predicted octanol–water partition coefficient (Wildman–Crippen LogP) is 0.889. The quantitative estimate of drug-likeness (QED) is 0.424. The van der Waals surface area contributed by atoms with Gasteiger partial charge in [-0.15, -0.1) is 0 Å². The van der Waals surface area contributed by atoms with Gasteiger partial charge in [0.2, 0.25) is 5.91 Å². The highest BCUT2D eigenvalue weighted by atomic mass is 16.5. The van der Waals surface area contributed by atoms with E-state index in [1.165, 1.54) is 18.6 Å². The van der Waals surface area contributed by atoms with Crippen LogP contribution in [-0.2, 0) is 4.79 Å². The third kappa shape index (κ3) is 7.13. The van der Waals surface area contributed by atoms with E-state index in [0.29, 0.717) is 17.7 Å². The van der Waals surface area contributed by atoms with Crippen LogP contribution in [0.4, 0.5) is 0 Å². The smallest absolute Gasteiger partial charge is 0.475 e. The highest BCUT2D eigenvalue weighted by molar-refractivity contribution is 6.43. The zero-order chi connectivity index (χ0) is 22.1. The molecule has 1 heterocycles. The van der Waals surface area contributed by atoms with Crippen molar-refractivity contribution in [1.29, 1.82) is 0 Å². The SMILES string of the molecule is COc1ccc(C(CC(=O)N[C@@H](CC(C)C)B(O)O)NC(=O)c2cnccn2)cc1. The summed E-state index contributed by atoms with van der Waals surface area (Å²) in [7, 11) is -0.129. The number of methoxy groups -OCH3 is 1. The van der Waals surface area contributed by atoms with Gasteiger partial charge in [0.05, 0.1) is 31.7 Å². The van der Waals surface area contributed by atoms with Crippen LogP contribution in [0.1, 0.15) is 48.8 Å². The number of benzene rings is 1. The van der Waals surface area contributed by atoms with Crippen LogP contribution >= 0.6 is 0 Å². The lowest BCUT2D eigenvalue weighted by Crippen LogP contribution is -2.48. The molecule has 4 N–H and O–H groups in total. The van der Waals surface area contributed by atoms with E-state index in [2.05, 4.69) is 20.6 Å². The molecule has 160 valence electrons. The third-order valence-corrected chi connectivity index (χ3v) is 4.44. The second kappa shape index (κ2) is 11.3. The van der Waals surface area contributed by atoms with Crippen LogP contribution in [0.3, 0.4) is 0 Å². The van der Waals surface area contributed by atoms with E-state index in [0.717, 1.165) is 0 Å². The monoisotopic (exact) mass is 414 g/mol. The Hall–Kier alpha value is -2.98. The Morgan fingerprint density at radius 1 is 1.13 bits per heavy atom. The summed E-state index contributed by atoms with van der Waals surface area (Å²) in [6, 6.07) is 6.29. The fourth-order valence-electron chi connectivity index (χ4n) is 2.95. The van der Waals surface area contributed by atoms with E-state index in [-0.39, 0.29) is 18.0 Å². The first-order valence-corrected chi connectivity index (χ1v) is 9.66. The summed E-state index contributed by atoms with van der Waals surface area (Å²) in [5, 5.41) is 24.5. The van der Waals surface area contributed by atoms with Gasteiger partial charge in [-0.25, -0.2) is 4.98 Å². The summed E-state index contributed by atoms with van der Waals surface area (Å²) < 4.78 is 5.16. The standard InChI is InChI=1S/C20H27BN4O5/c1-13(2)10-18(21(28)29)25-19(26)11-16(14-4-6-15(30-3)7-5-14)24-20(27)17-12-22-8-9-23-17/h4-9,12-13,16,18,28-29H,10-11H2,1-3H3,(H,24,27)(H,25,26)/t16?,18-/m0/s1. The number of carbonyl (C=O) groups excluding carboxylic acids is 2. The second-order valence-corrected chi connectivity index (χ2v) is 7.31. The molecule has 0 radical (unpaired) electrons. The molecule has 0 saturated carbocycles. The molecule has 1 unspecified atom stereocenters. The van der Waals surface area contributed by atoms with Crippen molar-refractivity contribution in [3.63, 3.8) is 0 Å². The summed E-state index contributed by atoms with van der Waals surface area (Å²) in [6.07, 6.45) is 4.51. The van der Waals surface area contributed by atoms with E-state index in [1.807, 2.05) is 13.8 Å². The van der Waals surface area contributed by atoms with Gasteiger partial charge in [0.25, 0.3) is 5.91 Å². The molecular formula is C20H27BN4O5. The van der Waals surface area contributed by atoms with Crippen molar-refractivity contribution in [2.24, 2.45) is 5.92 Å². The van der Waals surface area contributed by atoms with Crippen LogP contribution in [0.15, 0.2) is 42.9 Å². The first-order chi connectivity index (χ1) is 14.3. The fraction of sp³-hybridized carbons (Fsp3) is 0.400. The summed E-state index contributed by atoms with van der Waals surface area (Å²) in [6.45, 7) is 3.84. The molecule has 0 bridgehead atoms. The minimum absolute atomic E-state index is 0.0976. The molecule has 0 aliphatic heterocycles. The number of ether oxygens (including phenoxy) is 1. The van der Waals surface area contributed by atoms with E-state index in [4.69, 9.17) is 4.74 Å². The molecule has 0 saturated heterocycles. The zero-order valence-corrected chi connectivity index (χ0v) is 17.3. The molecule has 2 atom stereocenters. The summed E-state index contributed by atoms with van der Waals surface area (Å²) in [4.78, 5) is 33.0. The molecule has 9 nitrogen and oxygen atoms in total. The zero-order valence-electron chi connectivity index (χ0n) is 17.3. The Morgan fingerprint density at radius 2 is 1.83 bits per heavy atom. The minimum Gasteiger partial charge on any atom is -0.497 e. The largest absolute Gasteiger partial charge is 0.497 e. The Labute approximate surface area is 176 Å². The molecule has 0 aliphatic carbocycles. The van der Waals surface area contributed by atoms with Gasteiger partial charge < -0.3 is 25.4 Å². The average molecular weight is 414 g/mol. The maximum Gasteiger partial charge on any atom is 0.475 e. The van der Waals surface area contributed by atoms with Gasteiger partial charge in [0, 0.05) is 12.4 Å². The van der Waals surface area contributed by atoms with Crippen LogP contribution in [-0.4, -0.2) is 52.0 Å². The maximum atomic E-state index is 12.6. The number of rotatable bonds is 10. The minimum atomic E-state index is -1.68. The Morgan fingerprint density at radius 3 is 2.37 bits per heavy atom. The van der Waals surface area contributed by atoms with Crippen molar-refractivity contribution in [2.75, 3.05) is 7.11 Å². The highest BCUT2D eigenvalue weighted by Gasteiger charge is 2.28. The Bertz CT molecular complexity index is 818. The molecule has 10 heteroatoms. The first kappa shape index (κ1) is 23.3. The molecular weight excluding hydrogens is 387 g/mol. The van der Waals surface area contributed by atoms with Crippen LogP contribution < -0.4 is 15.4 Å². The van der Waals surface area contributed by atoms with Gasteiger partial charge in [0.15, 0.2) is 0 Å². The van der Waals surface area contributed by atoms with Crippen LogP contribution in [0.25, 0.3) is 0 Å². The van der Waals surface area contributed by atoms with Crippen molar-refractivity contribution in [3.05, 3.63) is 54.1 Å². The van der Waals surface area contributed by atoms with Crippen LogP contribution in [0.2, 0.25) is 0 Å². The number of aromatic nitrogens is 2. The lowest BCUT2D eigenvalue weighted by molar-refractivity contribution is -0.122. The van der Waals surface area contributed by atoms with Crippen molar-refractivity contribution in [2.45, 2.75) is 38.7 Å². The van der Waals surface area contributed by atoms with Crippen LogP contribution in [0, 0.1) is 5.92 Å². The van der Waals surface area contributed by atoms with Crippen LogP contribution in [0.5, 0.6) is 5.75 Å². The summed E-state index contributed by atoms with van der Waals surface area (Å²) in [5.41, 5.74) is 0.813. The Kier molecular flexibility index (Phi) is 8.76. The highest BCUT2D eigenvalue weighted by Crippen LogP contribution is 2.21. The average Bonchev–Trinajstić information content (AvgIpc) is 2.73. The van der Waals surface area contributed by atoms with E-state index < -0.39 is 30.9 Å². The topological polar surface area (TPSA) is 134 Å². The van der Waals surface area contributed by atoms with Gasteiger partial charge in [0.1, 0.15) is 11.4 Å². The molecule has 30 heavy (non-hydrogen) atoms. The number of carbonyl (C=O) groups is 2.